The summed E-state index contributed by atoms with van der Waals surface area (Å²) in [7, 11) is 0. The normalized spacial score (nSPS) is 16.2. The summed E-state index contributed by atoms with van der Waals surface area (Å²) in [6, 6.07) is 4.47. The number of amides is 1. The van der Waals surface area contributed by atoms with Gasteiger partial charge >= 0.3 is 0 Å². The third-order valence-corrected chi connectivity index (χ3v) is 7.14. The number of hydrogen-bond acceptors (Lipinski definition) is 9. The molecule has 0 bridgehead atoms. The van der Waals surface area contributed by atoms with Gasteiger partial charge in [0.2, 0.25) is 0 Å². The van der Waals surface area contributed by atoms with Crippen LogP contribution < -0.4 is 21.9 Å². The van der Waals surface area contributed by atoms with Crippen LogP contribution in [0, 0.1) is 6.92 Å². The van der Waals surface area contributed by atoms with Crippen molar-refractivity contribution in [3.8, 4) is 11.4 Å². The molecular formula is C22H23F2N9O2S. The van der Waals surface area contributed by atoms with Gasteiger partial charge in [-0.2, -0.15) is 10.2 Å². The lowest BCUT2D eigenvalue weighted by Crippen LogP contribution is -2.35. The number of rotatable bonds is 6. The van der Waals surface area contributed by atoms with Crippen LogP contribution in [0.25, 0.3) is 16.9 Å². The maximum Gasteiger partial charge on any atom is 0.266 e. The smallest absolute Gasteiger partial charge is 0.266 e. The monoisotopic (exact) mass is 515 g/mol. The van der Waals surface area contributed by atoms with Crippen molar-refractivity contribution in [3.05, 3.63) is 50.5 Å². The van der Waals surface area contributed by atoms with Gasteiger partial charge in [0.1, 0.15) is 29.0 Å². The highest BCUT2D eigenvalue weighted by Crippen LogP contribution is 2.38. The van der Waals surface area contributed by atoms with E-state index in [9.17, 15) is 18.4 Å². The largest absolute Gasteiger partial charge is 0.382 e. The zero-order valence-electron chi connectivity index (χ0n) is 19.3. The fourth-order valence-electron chi connectivity index (χ4n) is 4.63. The maximum atomic E-state index is 13.0. The summed E-state index contributed by atoms with van der Waals surface area (Å²) in [5.41, 5.74) is 13.9. The van der Waals surface area contributed by atoms with E-state index in [0.29, 0.717) is 34.9 Å². The number of alkyl halides is 2. The standard InChI is InChI=1S/C22H23F2N9O2S/c1-11-29-18(20(36-11)22(26)35)12-3-2-6-31(8-12)15-7-14(33-19(15)21(25)27-10-28-33)13-4-5-17(34)32(30-13)9-16(23)24/h4-5,7,10,12,16H,2-3,6,8-9H2,1H3,(H2,26,35)(H2,25,27,28). The van der Waals surface area contributed by atoms with E-state index in [2.05, 4.69) is 25.1 Å². The van der Waals surface area contributed by atoms with Crippen LogP contribution in [0.1, 0.15) is 39.1 Å². The summed E-state index contributed by atoms with van der Waals surface area (Å²) in [6.07, 6.45) is 0.233. The minimum atomic E-state index is -2.73. The van der Waals surface area contributed by atoms with Crippen molar-refractivity contribution in [2.24, 2.45) is 5.73 Å². The van der Waals surface area contributed by atoms with E-state index in [1.165, 1.54) is 29.8 Å². The number of fused-ring (bicyclic) bond motifs is 1. The van der Waals surface area contributed by atoms with E-state index < -0.39 is 24.4 Å². The molecule has 0 spiro atoms. The molecule has 1 saturated heterocycles. The highest BCUT2D eigenvalue weighted by molar-refractivity contribution is 7.13. The number of nitrogens with zero attached hydrogens (tertiary/aromatic N) is 7. The number of carbonyl (C=O) groups excluding carboxylic acids is 1. The fourth-order valence-corrected chi connectivity index (χ4v) is 5.49. The molecule has 14 heteroatoms. The molecule has 4 aromatic rings. The average Bonchev–Trinajstić information content (AvgIpc) is 3.42. The van der Waals surface area contributed by atoms with E-state index >= 15 is 0 Å². The van der Waals surface area contributed by atoms with Gasteiger partial charge < -0.3 is 16.4 Å². The molecule has 1 aliphatic heterocycles. The minimum absolute atomic E-state index is 0.0264. The van der Waals surface area contributed by atoms with Crippen LogP contribution in [0.5, 0.6) is 0 Å². The van der Waals surface area contributed by atoms with Crippen molar-refractivity contribution < 1.29 is 13.6 Å². The molecule has 36 heavy (non-hydrogen) atoms. The van der Waals surface area contributed by atoms with E-state index in [0.717, 1.165) is 28.2 Å². The van der Waals surface area contributed by atoms with Crippen molar-refractivity contribution in [3.63, 3.8) is 0 Å². The third kappa shape index (κ3) is 4.27. The highest BCUT2D eigenvalue weighted by atomic mass is 32.1. The number of halogens is 2. The first kappa shape index (κ1) is 23.8. The summed E-state index contributed by atoms with van der Waals surface area (Å²) in [6.45, 7) is 2.28. The Morgan fingerprint density at radius 3 is 2.89 bits per heavy atom. The van der Waals surface area contributed by atoms with Crippen LogP contribution in [0.4, 0.5) is 20.3 Å². The summed E-state index contributed by atoms with van der Waals surface area (Å²) in [5, 5.41) is 9.23. The molecular weight excluding hydrogens is 492 g/mol. The quantitative estimate of drug-likeness (QED) is 0.396. The van der Waals surface area contributed by atoms with Crippen molar-refractivity contribution in [1.82, 2.24) is 29.4 Å². The predicted molar refractivity (Wildman–Crippen MR) is 130 cm³/mol. The first-order valence-electron chi connectivity index (χ1n) is 11.2. The fraction of sp³-hybridized carbons (Fsp3) is 0.364. The molecule has 5 rings (SSSR count). The topological polar surface area (TPSA) is 150 Å². The number of aromatic nitrogens is 6. The lowest BCUT2D eigenvalue weighted by Gasteiger charge is -2.33. The number of piperidine rings is 1. The molecule has 0 aromatic carbocycles. The van der Waals surface area contributed by atoms with Gasteiger partial charge in [0, 0.05) is 25.1 Å². The Morgan fingerprint density at radius 1 is 1.33 bits per heavy atom. The summed E-state index contributed by atoms with van der Waals surface area (Å²) < 4.78 is 28.2. The first-order chi connectivity index (χ1) is 17.2. The van der Waals surface area contributed by atoms with Crippen molar-refractivity contribution in [1.29, 1.82) is 0 Å². The van der Waals surface area contributed by atoms with Crippen LogP contribution in [0.15, 0.2) is 29.3 Å². The second kappa shape index (κ2) is 9.26. The molecule has 0 saturated carbocycles. The SMILES string of the molecule is Cc1nc(C2CCCN(c3cc(-c4ccc(=O)n(CC(F)F)n4)n4ncnc(N)c34)C2)c(C(N)=O)s1. The number of thiazole rings is 1. The predicted octanol–water partition coefficient (Wildman–Crippen LogP) is 2.05. The number of nitrogens with two attached hydrogens (primary N) is 2. The molecule has 5 heterocycles. The Labute approximate surface area is 207 Å². The van der Waals surface area contributed by atoms with Gasteiger partial charge in [0.15, 0.2) is 5.82 Å². The number of carbonyl (C=O) groups is 1. The van der Waals surface area contributed by atoms with Crippen molar-refractivity contribution in [2.45, 2.75) is 38.7 Å². The van der Waals surface area contributed by atoms with E-state index in [-0.39, 0.29) is 17.4 Å². The van der Waals surface area contributed by atoms with E-state index in [1.807, 2.05) is 13.0 Å². The van der Waals surface area contributed by atoms with E-state index in [1.54, 1.807) is 4.52 Å². The molecule has 0 radical (unpaired) electrons. The molecule has 188 valence electrons. The molecule has 4 aromatic heterocycles. The molecule has 1 aliphatic rings. The molecule has 1 unspecified atom stereocenters. The van der Waals surface area contributed by atoms with Crippen molar-refractivity contribution >= 4 is 34.3 Å². The van der Waals surface area contributed by atoms with Gasteiger partial charge in [0.05, 0.1) is 22.1 Å². The van der Waals surface area contributed by atoms with Crippen LogP contribution in [0.3, 0.4) is 0 Å². The zero-order chi connectivity index (χ0) is 25.6. The Balaban J connectivity index is 1.58. The first-order valence-corrected chi connectivity index (χ1v) is 12.1. The molecule has 1 amide bonds. The second-order valence-corrected chi connectivity index (χ2v) is 9.75. The number of primary amides is 1. The van der Waals surface area contributed by atoms with Crippen LogP contribution in [-0.2, 0) is 6.54 Å². The van der Waals surface area contributed by atoms with Gasteiger partial charge in [-0.3, -0.25) is 9.59 Å². The van der Waals surface area contributed by atoms with Gasteiger partial charge in [-0.25, -0.2) is 27.9 Å². The van der Waals surface area contributed by atoms with Crippen LogP contribution in [-0.4, -0.2) is 54.8 Å². The summed E-state index contributed by atoms with van der Waals surface area (Å²) in [4.78, 5) is 35.3. The Hall–Kier alpha value is -3.94. The second-order valence-electron chi connectivity index (χ2n) is 8.55. The Morgan fingerprint density at radius 2 is 2.14 bits per heavy atom. The lowest BCUT2D eigenvalue weighted by atomic mass is 9.93. The molecule has 0 aliphatic carbocycles. The van der Waals surface area contributed by atoms with Gasteiger partial charge in [-0.05, 0) is 31.9 Å². The van der Waals surface area contributed by atoms with Gasteiger partial charge in [-0.15, -0.1) is 11.3 Å². The number of aryl methyl sites for hydroxylation is 1. The number of hydrogen-bond donors (Lipinski definition) is 2. The molecule has 1 atom stereocenters. The zero-order valence-corrected chi connectivity index (χ0v) is 20.1. The summed E-state index contributed by atoms with van der Waals surface area (Å²) in [5.74, 6) is -0.287. The van der Waals surface area contributed by atoms with Gasteiger partial charge in [0.25, 0.3) is 17.9 Å². The van der Waals surface area contributed by atoms with E-state index in [4.69, 9.17) is 11.5 Å². The average molecular weight is 516 g/mol. The Bertz CT molecular complexity index is 1510. The molecule has 1 fully saturated rings. The number of anilines is 2. The highest BCUT2D eigenvalue weighted by Gasteiger charge is 2.30. The summed E-state index contributed by atoms with van der Waals surface area (Å²) >= 11 is 1.29. The Kier molecular flexibility index (Phi) is 6.12. The van der Waals surface area contributed by atoms with Gasteiger partial charge in [-0.1, -0.05) is 0 Å². The van der Waals surface area contributed by atoms with Crippen LogP contribution >= 0.6 is 11.3 Å². The molecule has 11 nitrogen and oxygen atoms in total. The molecule has 4 N–H and O–H groups in total. The number of nitrogen functional groups attached to an aromatic ring is 1. The lowest BCUT2D eigenvalue weighted by molar-refractivity contribution is 0.100. The third-order valence-electron chi connectivity index (χ3n) is 6.14. The van der Waals surface area contributed by atoms with Crippen molar-refractivity contribution in [2.75, 3.05) is 23.7 Å². The minimum Gasteiger partial charge on any atom is -0.382 e. The maximum absolute atomic E-state index is 13.0. The van der Waals surface area contributed by atoms with Crippen LogP contribution in [0.2, 0.25) is 0 Å².